The van der Waals surface area contributed by atoms with Crippen LogP contribution in [0.4, 0.5) is 0 Å². The topological polar surface area (TPSA) is 81.7 Å². The van der Waals surface area contributed by atoms with Gasteiger partial charge in [0.05, 0.1) is 13.7 Å². The van der Waals surface area contributed by atoms with E-state index in [9.17, 15) is 14.4 Å². The maximum absolute atomic E-state index is 13.7. The summed E-state index contributed by atoms with van der Waals surface area (Å²) in [5.74, 6) is -1.92. The van der Waals surface area contributed by atoms with Gasteiger partial charge in [-0.05, 0) is 42.5 Å². The second kappa shape index (κ2) is 8.44. The summed E-state index contributed by atoms with van der Waals surface area (Å²) in [7, 11) is 1.57. The lowest BCUT2D eigenvalue weighted by Crippen LogP contribution is -2.44. The van der Waals surface area contributed by atoms with Crippen molar-refractivity contribution in [3.05, 3.63) is 63.5 Å². The molecule has 1 aliphatic heterocycles. The minimum Gasteiger partial charge on any atom is -0.497 e. The molecule has 1 N–H and O–H groups in total. The molecule has 156 valence electrons. The predicted molar refractivity (Wildman–Crippen MR) is 112 cm³/mol. The highest BCUT2D eigenvalue weighted by atomic mass is 32.1. The molecule has 0 saturated heterocycles. The molecule has 0 saturated carbocycles. The van der Waals surface area contributed by atoms with Crippen molar-refractivity contribution in [1.29, 1.82) is 0 Å². The van der Waals surface area contributed by atoms with Gasteiger partial charge in [-0.15, -0.1) is 11.3 Å². The van der Waals surface area contributed by atoms with Gasteiger partial charge in [-0.1, -0.05) is 18.2 Å². The number of hydrogen-bond donors (Lipinski definition) is 1. The van der Waals surface area contributed by atoms with Crippen LogP contribution in [0, 0.1) is 5.92 Å². The van der Waals surface area contributed by atoms with E-state index in [1.54, 1.807) is 14.0 Å². The zero-order chi connectivity index (χ0) is 21.3. The van der Waals surface area contributed by atoms with Crippen molar-refractivity contribution in [1.82, 2.24) is 5.32 Å². The molecule has 1 amide bonds. The van der Waals surface area contributed by atoms with Crippen LogP contribution in [0.3, 0.4) is 0 Å². The van der Waals surface area contributed by atoms with E-state index in [4.69, 9.17) is 9.47 Å². The number of carbonyl (C=O) groups excluding carboxylic acids is 3. The Morgan fingerprint density at radius 2 is 2.03 bits per heavy atom. The molecule has 0 radical (unpaired) electrons. The van der Waals surface area contributed by atoms with Crippen molar-refractivity contribution in [2.45, 2.75) is 31.6 Å². The zero-order valence-corrected chi connectivity index (χ0v) is 17.7. The summed E-state index contributed by atoms with van der Waals surface area (Å²) in [4.78, 5) is 40.0. The number of ketones is 1. The average Bonchev–Trinajstić information content (AvgIpc) is 3.27. The number of nitrogens with one attached hydrogen (secondary N) is 1. The molecule has 0 fully saturated rings. The number of rotatable bonds is 5. The maximum atomic E-state index is 13.7. The zero-order valence-electron chi connectivity index (χ0n) is 16.8. The Morgan fingerprint density at radius 1 is 1.20 bits per heavy atom. The van der Waals surface area contributed by atoms with Gasteiger partial charge in [0.25, 0.3) is 0 Å². The molecular formula is C23H23NO5S. The second-order valence-electron chi connectivity index (χ2n) is 7.39. The standard InChI is InChI=1S/C23H23NO5S/c1-3-29-23(27)21-16(18-8-5-9-30-18)11-17-20(22(21)26)15(12-19(25)24-17)13-6-4-7-14(10-13)28-2/h4-10,15-16,21H,3,11-12H2,1-2H3,(H,24,25)/t15-,16-,21+/m1/s1. The number of benzene rings is 1. The summed E-state index contributed by atoms with van der Waals surface area (Å²) in [6, 6.07) is 11.2. The molecule has 1 aromatic heterocycles. The molecule has 0 spiro atoms. The fourth-order valence-electron chi connectivity index (χ4n) is 4.37. The van der Waals surface area contributed by atoms with Gasteiger partial charge in [-0.2, -0.15) is 0 Å². The fourth-order valence-corrected chi connectivity index (χ4v) is 5.23. The Balaban J connectivity index is 1.81. The van der Waals surface area contributed by atoms with Gasteiger partial charge in [0.1, 0.15) is 11.7 Å². The van der Waals surface area contributed by atoms with Gasteiger partial charge in [-0.3, -0.25) is 14.4 Å². The van der Waals surface area contributed by atoms with E-state index in [1.807, 2.05) is 41.8 Å². The number of carbonyl (C=O) groups is 3. The molecule has 1 aromatic carbocycles. The van der Waals surface area contributed by atoms with E-state index >= 15 is 0 Å². The third-order valence-electron chi connectivity index (χ3n) is 5.67. The van der Waals surface area contributed by atoms with Gasteiger partial charge in [0, 0.05) is 34.4 Å². The molecule has 30 heavy (non-hydrogen) atoms. The van der Waals surface area contributed by atoms with Crippen LogP contribution in [0.25, 0.3) is 0 Å². The van der Waals surface area contributed by atoms with Crippen LogP contribution in [-0.2, 0) is 19.1 Å². The Bertz CT molecular complexity index is 1010. The van der Waals surface area contributed by atoms with Crippen molar-refractivity contribution in [3.8, 4) is 5.75 Å². The van der Waals surface area contributed by atoms with E-state index < -0.39 is 17.8 Å². The largest absolute Gasteiger partial charge is 0.497 e. The van der Waals surface area contributed by atoms with Crippen molar-refractivity contribution < 1.29 is 23.9 Å². The molecule has 6 nitrogen and oxygen atoms in total. The molecule has 0 bridgehead atoms. The van der Waals surface area contributed by atoms with E-state index in [1.165, 1.54) is 11.3 Å². The first-order chi connectivity index (χ1) is 14.5. The first-order valence-electron chi connectivity index (χ1n) is 9.94. The summed E-state index contributed by atoms with van der Waals surface area (Å²) in [6.07, 6.45) is 0.564. The van der Waals surface area contributed by atoms with Gasteiger partial charge in [0.2, 0.25) is 5.91 Å². The number of amides is 1. The highest BCUT2D eigenvalue weighted by Gasteiger charge is 2.48. The first-order valence-corrected chi connectivity index (χ1v) is 10.8. The summed E-state index contributed by atoms with van der Waals surface area (Å²) in [6.45, 7) is 1.94. The number of Topliss-reactive ketones (excluding diaryl/α,β-unsaturated/α-hetero) is 1. The number of allylic oxidation sites excluding steroid dienone is 2. The first kappa shape index (κ1) is 20.3. The van der Waals surface area contributed by atoms with Crippen LogP contribution >= 0.6 is 11.3 Å². The van der Waals surface area contributed by atoms with Gasteiger partial charge in [0.15, 0.2) is 5.78 Å². The Kier molecular flexibility index (Phi) is 5.72. The van der Waals surface area contributed by atoms with Crippen LogP contribution in [0.1, 0.15) is 42.0 Å². The molecule has 7 heteroatoms. The molecule has 4 rings (SSSR count). The van der Waals surface area contributed by atoms with Crippen molar-refractivity contribution in [2.24, 2.45) is 5.92 Å². The van der Waals surface area contributed by atoms with Gasteiger partial charge < -0.3 is 14.8 Å². The third kappa shape index (κ3) is 3.65. The summed E-state index contributed by atoms with van der Waals surface area (Å²) >= 11 is 1.50. The number of methoxy groups -OCH3 is 1. The van der Waals surface area contributed by atoms with Crippen LogP contribution in [0.15, 0.2) is 53.0 Å². The number of esters is 1. The number of hydrogen-bond acceptors (Lipinski definition) is 6. The normalized spacial score (nSPS) is 23.6. The lowest BCUT2D eigenvalue weighted by atomic mass is 9.69. The molecule has 2 aliphatic rings. The van der Waals surface area contributed by atoms with Crippen LogP contribution < -0.4 is 10.1 Å². The third-order valence-corrected chi connectivity index (χ3v) is 6.68. The smallest absolute Gasteiger partial charge is 0.317 e. The molecule has 1 aliphatic carbocycles. The predicted octanol–water partition coefficient (Wildman–Crippen LogP) is 3.55. The van der Waals surface area contributed by atoms with Crippen molar-refractivity contribution in [3.63, 3.8) is 0 Å². The van der Waals surface area contributed by atoms with Gasteiger partial charge in [-0.25, -0.2) is 0 Å². The SMILES string of the molecule is CCOC(=O)[C@@H]1C(=O)C2=C(C[C@@H]1c1cccs1)NC(=O)C[C@@H]2c1cccc(OC)c1. The monoisotopic (exact) mass is 425 g/mol. The van der Waals surface area contributed by atoms with Crippen molar-refractivity contribution in [2.75, 3.05) is 13.7 Å². The second-order valence-corrected chi connectivity index (χ2v) is 8.37. The summed E-state index contributed by atoms with van der Waals surface area (Å²) in [5.41, 5.74) is 1.94. The van der Waals surface area contributed by atoms with E-state index in [2.05, 4.69) is 5.32 Å². The molecule has 3 atom stereocenters. The Morgan fingerprint density at radius 3 is 2.73 bits per heavy atom. The highest BCUT2D eigenvalue weighted by molar-refractivity contribution is 7.10. The molecular weight excluding hydrogens is 402 g/mol. The average molecular weight is 426 g/mol. The molecule has 2 aromatic rings. The Labute approximate surface area is 178 Å². The van der Waals surface area contributed by atoms with Crippen LogP contribution in [0.2, 0.25) is 0 Å². The number of thiophene rings is 1. The molecule has 0 unspecified atom stereocenters. The van der Waals surface area contributed by atoms with E-state index in [-0.39, 0.29) is 30.6 Å². The lowest BCUT2D eigenvalue weighted by Gasteiger charge is -2.37. The lowest BCUT2D eigenvalue weighted by molar-refractivity contribution is -0.152. The molecule has 2 heterocycles. The maximum Gasteiger partial charge on any atom is 0.317 e. The number of ether oxygens (including phenoxy) is 2. The fraction of sp³-hybridized carbons (Fsp3) is 0.348. The van der Waals surface area contributed by atoms with Crippen molar-refractivity contribution >= 4 is 29.0 Å². The highest BCUT2D eigenvalue weighted by Crippen LogP contribution is 2.46. The van der Waals surface area contributed by atoms with E-state index in [0.29, 0.717) is 23.4 Å². The quantitative estimate of drug-likeness (QED) is 0.585. The van der Waals surface area contributed by atoms with E-state index in [0.717, 1.165) is 10.4 Å². The van der Waals surface area contributed by atoms with Crippen LogP contribution in [0.5, 0.6) is 5.75 Å². The van der Waals surface area contributed by atoms with Crippen LogP contribution in [-0.4, -0.2) is 31.4 Å². The summed E-state index contributed by atoms with van der Waals surface area (Å²) in [5, 5.41) is 4.82. The Hall–Kier alpha value is -2.93. The minimum absolute atomic E-state index is 0.131. The summed E-state index contributed by atoms with van der Waals surface area (Å²) < 4.78 is 10.6. The minimum atomic E-state index is -0.912. The van der Waals surface area contributed by atoms with Gasteiger partial charge >= 0.3 is 5.97 Å².